The molecular formula is C15H22N2O4. The molecule has 0 radical (unpaired) electrons. The summed E-state index contributed by atoms with van der Waals surface area (Å²) in [5.41, 5.74) is 0.768. The molecule has 1 amide bonds. The SMILES string of the molecule is Cc1noc(C)c1C(=O)OC(C)C(=O)NC1CCCCC1. The van der Waals surface area contributed by atoms with Gasteiger partial charge in [-0.1, -0.05) is 24.4 Å². The number of rotatable bonds is 4. The number of aryl methyl sites for hydroxylation is 2. The van der Waals surface area contributed by atoms with Crippen LogP contribution in [0.3, 0.4) is 0 Å². The van der Waals surface area contributed by atoms with Gasteiger partial charge >= 0.3 is 5.97 Å². The van der Waals surface area contributed by atoms with E-state index in [1.807, 2.05) is 0 Å². The molecule has 21 heavy (non-hydrogen) atoms. The maximum Gasteiger partial charge on any atom is 0.344 e. The van der Waals surface area contributed by atoms with Crippen molar-refractivity contribution in [3.8, 4) is 0 Å². The second kappa shape index (κ2) is 6.74. The molecule has 6 heteroatoms. The third-order valence-electron chi connectivity index (χ3n) is 3.84. The first kappa shape index (κ1) is 15.5. The maximum absolute atomic E-state index is 12.1. The third-order valence-corrected chi connectivity index (χ3v) is 3.84. The first-order valence-corrected chi connectivity index (χ1v) is 7.43. The first-order valence-electron chi connectivity index (χ1n) is 7.43. The number of ether oxygens (including phenoxy) is 1. The van der Waals surface area contributed by atoms with Gasteiger partial charge in [-0.25, -0.2) is 4.79 Å². The highest BCUT2D eigenvalue weighted by molar-refractivity contribution is 5.93. The lowest BCUT2D eigenvalue weighted by Gasteiger charge is -2.24. The van der Waals surface area contributed by atoms with Crippen LogP contribution in [0.5, 0.6) is 0 Å². The highest BCUT2D eigenvalue weighted by Gasteiger charge is 2.25. The smallest absolute Gasteiger partial charge is 0.344 e. The van der Waals surface area contributed by atoms with Crippen molar-refractivity contribution in [2.75, 3.05) is 0 Å². The maximum atomic E-state index is 12.1. The summed E-state index contributed by atoms with van der Waals surface area (Å²) in [6.07, 6.45) is 4.67. The molecule has 1 saturated carbocycles. The number of hydrogen-bond donors (Lipinski definition) is 1. The van der Waals surface area contributed by atoms with Gasteiger partial charge in [-0.15, -0.1) is 0 Å². The Labute approximate surface area is 124 Å². The molecule has 1 atom stereocenters. The molecule has 1 heterocycles. The highest BCUT2D eigenvalue weighted by atomic mass is 16.5. The molecule has 0 aromatic carbocycles. The molecular weight excluding hydrogens is 272 g/mol. The molecule has 116 valence electrons. The van der Waals surface area contributed by atoms with Crippen LogP contribution in [-0.2, 0) is 9.53 Å². The molecule has 0 spiro atoms. The summed E-state index contributed by atoms with van der Waals surface area (Å²) in [6, 6.07) is 0.200. The number of esters is 1. The van der Waals surface area contributed by atoms with Crippen molar-refractivity contribution in [3.63, 3.8) is 0 Å². The van der Waals surface area contributed by atoms with E-state index in [2.05, 4.69) is 10.5 Å². The van der Waals surface area contributed by atoms with Gasteiger partial charge in [0.05, 0.1) is 5.69 Å². The second-order valence-electron chi connectivity index (χ2n) is 5.59. The second-order valence-corrected chi connectivity index (χ2v) is 5.59. The number of nitrogens with zero attached hydrogens (tertiary/aromatic N) is 1. The number of hydrogen-bond acceptors (Lipinski definition) is 5. The van der Waals surface area contributed by atoms with E-state index >= 15 is 0 Å². The summed E-state index contributed by atoms with van der Waals surface area (Å²) in [4.78, 5) is 24.1. The third kappa shape index (κ3) is 3.83. The Morgan fingerprint density at radius 1 is 1.29 bits per heavy atom. The van der Waals surface area contributed by atoms with E-state index in [1.54, 1.807) is 20.8 Å². The lowest BCUT2D eigenvalue weighted by Crippen LogP contribution is -2.42. The van der Waals surface area contributed by atoms with E-state index in [9.17, 15) is 9.59 Å². The Bertz CT molecular complexity index is 498. The van der Waals surface area contributed by atoms with Gasteiger partial charge in [0.15, 0.2) is 6.10 Å². The molecule has 1 aromatic rings. The lowest BCUT2D eigenvalue weighted by atomic mass is 9.95. The van der Waals surface area contributed by atoms with Crippen LogP contribution in [0, 0.1) is 13.8 Å². The molecule has 2 rings (SSSR count). The van der Waals surface area contributed by atoms with Crippen LogP contribution >= 0.6 is 0 Å². The van der Waals surface area contributed by atoms with Gasteiger partial charge in [0.25, 0.3) is 5.91 Å². The molecule has 6 nitrogen and oxygen atoms in total. The number of carbonyl (C=O) groups excluding carboxylic acids is 2. The van der Waals surface area contributed by atoms with Gasteiger partial charge in [-0.2, -0.15) is 0 Å². The van der Waals surface area contributed by atoms with Crippen molar-refractivity contribution >= 4 is 11.9 Å². The van der Waals surface area contributed by atoms with Gasteiger partial charge in [0.2, 0.25) is 0 Å². The van der Waals surface area contributed by atoms with Crippen molar-refractivity contribution in [1.82, 2.24) is 10.5 Å². The Balaban J connectivity index is 1.89. The standard InChI is InChI=1S/C15H22N2O4/c1-9-13(10(2)21-17-9)15(19)20-11(3)14(18)16-12-7-5-4-6-8-12/h11-12H,4-8H2,1-3H3,(H,16,18). The predicted molar refractivity (Wildman–Crippen MR) is 75.9 cm³/mol. The fourth-order valence-corrected chi connectivity index (χ4v) is 2.61. The van der Waals surface area contributed by atoms with Crippen molar-refractivity contribution in [2.45, 2.75) is 65.0 Å². The predicted octanol–water partition coefficient (Wildman–Crippen LogP) is 2.29. The van der Waals surface area contributed by atoms with Crippen LogP contribution in [0.4, 0.5) is 0 Å². The van der Waals surface area contributed by atoms with Crippen LogP contribution < -0.4 is 5.32 Å². The quantitative estimate of drug-likeness (QED) is 0.862. The van der Waals surface area contributed by atoms with Gasteiger partial charge in [0, 0.05) is 6.04 Å². The van der Waals surface area contributed by atoms with Crippen molar-refractivity contribution in [3.05, 3.63) is 17.0 Å². The van der Waals surface area contributed by atoms with Gasteiger partial charge in [0.1, 0.15) is 11.3 Å². The average Bonchev–Trinajstić information content (AvgIpc) is 2.79. The summed E-state index contributed by atoms with van der Waals surface area (Å²) in [6.45, 7) is 4.89. The zero-order chi connectivity index (χ0) is 15.4. The Hall–Kier alpha value is -1.85. The van der Waals surface area contributed by atoms with Crippen molar-refractivity contribution < 1.29 is 18.8 Å². The summed E-state index contributed by atoms with van der Waals surface area (Å²) >= 11 is 0. The minimum Gasteiger partial charge on any atom is -0.449 e. The zero-order valence-corrected chi connectivity index (χ0v) is 12.8. The van der Waals surface area contributed by atoms with Crippen LogP contribution in [0.15, 0.2) is 4.52 Å². The molecule has 0 saturated heterocycles. The molecule has 0 bridgehead atoms. The average molecular weight is 294 g/mol. The minimum atomic E-state index is -0.826. The fraction of sp³-hybridized carbons (Fsp3) is 0.667. The van der Waals surface area contributed by atoms with Gasteiger partial charge in [-0.05, 0) is 33.6 Å². The monoisotopic (exact) mass is 294 g/mol. The Kier molecular flexibility index (Phi) is 4.98. The molecule has 1 aliphatic carbocycles. The summed E-state index contributed by atoms with van der Waals surface area (Å²) in [7, 11) is 0. The Morgan fingerprint density at radius 3 is 2.52 bits per heavy atom. The Morgan fingerprint density at radius 2 is 1.95 bits per heavy atom. The summed E-state index contributed by atoms with van der Waals surface area (Å²) in [5.74, 6) is -0.419. The lowest BCUT2D eigenvalue weighted by molar-refractivity contribution is -0.130. The number of nitrogens with one attached hydrogen (secondary N) is 1. The largest absolute Gasteiger partial charge is 0.449 e. The first-order chi connectivity index (χ1) is 9.99. The molecule has 1 fully saturated rings. The minimum absolute atomic E-state index is 0.200. The molecule has 1 unspecified atom stereocenters. The van der Waals surface area contributed by atoms with E-state index in [0.717, 1.165) is 25.7 Å². The van der Waals surface area contributed by atoms with E-state index in [4.69, 9.17) is 9.26 Å². The summed E-state index contributed by atoms with van der Waals surface area (Å²) < 4.78 is 10.1. The van der Waals surface area contributed by atoms with Crippen molar-refractivity contribution in [2.24, 2.45) is 0 Å². The van der Waals surface area contributed by atoms with Crippen LogP contribution in [-0.4, -0.2) is 29.2 Å². The van der Waals surface area contributed by atoms with E-state index in [0.29, 0.717) is 17.0 Å². The summed E-state index contributed by atoms with van der Waals surface area (Å²) in [5, 5.41) is 6.65. The molecule has 0 aliphatic heterocycles. The van der Waals surface area contributed by atoms with E-state index in [1.165, 1.54) is 6.42 Å². The van der Waals surface area contributed by atoms with E-state index in [-0.39, 0.29) is 11.9 Å². The number of aromatic nitrogens is 1. The van der Waals surface area contributed by atoms with Gasteiger partial charge in [-0.3, -0.25) is 4.79 Å². The number of carbonyl (C=O) groups is 2. The van der Waals surface area contributed by atoms with Crippen LogP contribution in [0.1, 0.15) is 60.8 Å². The van der Waals surface area contributed by atoms with E-state index < -0.39 is 12.1 Å². The highest BCUT2D eigenvalue weighted by Crippen LogP contribution is 2.18. The van der Waals surface area contributed by atoms with Crippen LogP contribution in [0.25, 0.3) is 0 Å². The number of amides is 1. The fourth-order valence-electron chi connectivity index (χ4n) is 2.61. The van der Waals surface area contributed by atoms with Crippen molar-refractivity contribution in [1.29, 1.82) is 0 Å². The normalized spacial score (nSPS) is 17.3. The molecule has 1 aliphatic rings. The molecule has 1 N–H and O–H groups in total. The zero-order valence-electron chi connectivity index (χ0n) is 12.8. The topological polar surface area (TPSA) is 81.4 Å². The molecule has 1 aromatic heterocycles. The van der Waals surface area contributed by atoms with Gasteiger partial charge < -0.3 is 14.6 Å². The van der Waals surface area contributed by atoms with Crippen LogP contribution in [0.2, 0.25) is 0 Å².